The van der Waals surface area contributed by atoms with Crippen molar-refractivity contribution < 1.29 is 22.3 Å². The molecule has 0 amide bonds. The molecule has 0 saturated heterocycles. The normalized spacial score (nSPS) is 42.1. The lowest BCUT2D eigenvalue weighted by Crippen LogP contribution is -2.58. The second-order valence-corrected chi connectivity index (χ2v) is 13.1. The Balaban J connectivity index is 1.38. The van der Waals surface area contributed by atoms with Crippen molar-refractivity contribution in [1.82, 2.24) is 0 Å². The Morgan fingerprint density at radius 3 is 2.41 bits per heavy atom. The van der Waals surface area contributed by atoms with Crippen LogP contribution < -0.4 is 0 Å². The number of hydrogen-bond donors (Lipinski definition) is 1. The van der Waals surface area contributed by atoms with E-state index in [1.54, 1.807) is 6.07 Å². The van der Waals surface area contributed by atoms with Gasteiger partial charge in [-0.25, -0.2) is 8.42 Å². The molecule has 0 spiro atoms. The van der Waals surface area contributed by atoms with E-state index in [2.05, 4.69) is 13.5 Å². The molecule has 0 unspecified atom stereocenters. The molecular weight excluding hydrogens is 430 g/mol. The van der Waals surface area contributed by atoms with Gasteiger partial charge in [-0.15, -0.1) is 0 Å². The van der Waals surface area contributed by atoms with E-state index in [1.807, 2.05) is 0 Å². The Morgan fingerprint density at radius 2 is 1.69 bits per heavy atom. The van der Waals surface area contributed by atoms with Gasteiger partial charge in [0.25, 0.3) is 0 Å². The van der Waals surface area contributed by atoms with Crippen LogP contribution in [-0.2, 0) is 9.84 Å². The predicted molar refractivity (Wildman–Crippen MR) is 120 cm³/mol. The quantitative estimate of drug-likeness (QED) is 0.559. The zero-order valence-electron chi connectivity index (χ0n) is 18.8. The van der Waals surface area contributed by atoms with E-state index in [4.69, 9.17) is 0 Å². The van der Waals surface area contributed by atoms with Gasteiger partial charge in [0.2, 0.25) is 9.84 Å². The van der Waals surface area contributed by atoms with Crippen LogP contribution >= 0.6 is 0 Å². The van der Waals surface area contributed by atoms with E-state index >= 15 is 8.78 Å². The number of alkyl halides is 2. The molecule has 4 fully saturated rings. The minimum Gasteiger partial charge on any atom is -0.382 e. The van der Waals surface area contributed by atoms with E-state index in [0.717, 1.165) is 32.1 Å². The van der Waals surface area contributed by atoms with Crippen LogP contribution in [0.25, 0.3) is 0 Å². The molecule has 1 aromatic rings. The summed E-state index contributed by atoms with van der Waals surface area (Å²) in [6, 6.07) is 6.81. The number of rotatable bonds is 3. The zero-order chi connectivity index (χ0) is 22.9. The lowest BCUT2D eigenvalue weighted by Gasteiger charge is -2.57. The zero-order valence-corrected chi connectivity index (χ0v) is 19.6. The fourth-order valence-corrected chi connectivity index (χ4v) is 9.54. The van der Waals surface area contributed by atoms with Crippen LogP contribution in [-0.4, -0.2) is 24.4 Å². The average molecular weight is 465 g/mol. The molecule has 4 aliphatic carbocycles. The number of halogens is 2. The van der Waals surface area contributed by atoms with Crippen LogP contribution in [0, 0.1) is 35.0 Å². The molecule has 32 heavy (non-hydrogen) atoms. The third-order valence-electron chi connectivity index (χ3n) is 9.90. The largest absolute Gasteiger partial charge is 0.382 e. The van der Waals surface area contributed by atoms with Gasteiger partial charge in [-0.1, -0.05) is 37.3 Å². The number of hydrogen-bond acceptors (Lipinski definition) is 3. The van der Waals surface area contributed by atoms with Crippen LogP contribution in [0.5, 0.6) is 0 Å². The first-order chi connectivity index (χ1) is 15.0. The highest BCUT2D eigenvalue weighted by molar-refractivity contribution is 7.92. The van der Waals surface area contributed by atoms with E-state index < -0.39 is 25.6 Å². The van der Waals surface area contributed by atoms with Crippen molar-refractivity contribution in [3.63, 3.8) is 0 Å². The highest BCUT2D eigenvalue weighted by atomic mass is 32.2. The highest BCUT2D eigenvalue weighted by Gasteiger charge is 2.65. The molecule has 3 nitrogen and oxygen atoms in total. The maximum Gasteiger partial charge on any atom is 0.377 e. The Morgan fingerprint density at radius 1 is 1.00 bits per heavy atom. The molecule has 4 saturated carbocycles. The molecule has 0 heterocycles. The molecule has 6 heteroatoms. The first-order valence-electron chi connectivity index (χ1n) is 12.1. The van der Waals surface area contributed by atoms with Crippen molar-refractivity contribution in [3.8, 4) is 0 Å². The van der Waals surface area contributed by atoms with E-state index in [0.29, 0.717) is 30.1 Å². The Kier molecular flexibility index (Phi) is 5.18. The standard InChI is InChI=1S/C26H34F2O3S/c1-17-8-11-23-22-10-9-18-16-25(29,15-13-20(18)21(22)12-14-24(17,23)2)26(27,28)32(30,31)19-6-4-3-5-7-19/h3-7,18,20-23,29H,1,8-16H2,2H3/t18-,20+,21-,22-,23+,24-,25-/m1/s1. The molecule has 0 bridgehead atoms. The predicted octanol–water partition coefficient (Wildman–Crippen LogP) is 5.99. The molecule has 1 aromatic carbocycles. The second kappa shape index (κ2) is 7.36. The van der Waals surface area contributed by atoms with Crippen LogP contribution in [0.4, 0.5) is 8.78 Å². The minimum atomic E-state index is -4.98. The number of benzene rings is 1. The summed E-state index contributed by atoms with van der Waals surface area (Å²) in [5.41, 5.74) is -0.910. The van der Waals surface area contributed by atoms with Crippen molar-refractivity contribution in [3.05, 3.63) is 42.5 Å². The van der Waals surface area contributed by atoms with Crippen molar-refractivity contribution in [2.24, 2.45) is 35.0 Å². The Labute approximate surface area is 190 Å². The van der Waals surface area contributed by atoms with E-state index in [1.165, 1.54) is 36.3 Å². The maximum atomic E-state index is 15.5. The van der Waals surface area contributed by atoms with Gasteiger partial charge >= 0.3 is 5.25 Å². The highest BCUT2D eigenvalue weighted by Crippen LogP contribution is 2.65. The molecule has 0 aliphatic heterocycles. The number of sulfone groups is 1. The molecule has 5 rings (SSSR count). The molecule has 4 aliphatic rings. The summed E-state index contributed by atoms with van der Waals surface area (Å²) in [6.07, 6.45) is 6.47. The third kappa shape index (κ3) is 3.01. The second-order valence-electron chi connectivity index (χ2n) is 11.1. The first kappa shape index (κ1) is 22.5. The van der Waals surface area contributed by atoms with E-state index in [-0.39, 0.29) is 24.2 Å². The molecule has 1 N–H and O–H groups in total. The summed E-state index contributed by atoms with van der Waals surface area (Å²) in [5.74, 6) is 2.01. The maximum absolute atomic E-state index is 15.5. The summed E-state index contributed by atoms with van der Waals surface area (Å²) in [7, 11) is -4.98. The monoisotopic (exact) mass is 464 g/mol. The van der Waals surface area contributed by atoms with Gasteiger partial charge in [0, 0.05) is 0 Å². The van der Waals surface area contributed by atoms with Crippen molar-refractivity contribution in [2.45, 2.75) is 80.5 Å². The molecule has 0 aromatic heterocycles. The van der Waals surface area contributed by atoms with Crippen molar-refractivity contribution in [2.75, 3.05) is 0 Å². The van der Waals surface area contributed by atoms with E-state index in [9.17, 15) is 13.5 Å². The van der Waals surface area contributed by atoms with Gasteiger partial charge in [-0.2, -0.15) is 8.78 Å². The van der Waals surface area contributed by atoms with Crippen LogP contribution in [0.15, 0.2) is 47.4 Å². The SMILES string of the molecule is C=C1CC[C@H]2[C@@H]3CC[C@@H]4C[C@@](O)(C(F)(F)S(=O)(=O)c5ccccc5)CC[C@@H]4[C@H]3CC[C@]12C. The Bertz CT molecular complexity index is 1010. The van der Waals surface area contributed by atoms with Crippen LogP contribution in [0.1, 0.15) is 64.7 Å². The summed E-state index contributed by atoms with van der Waals surface area (Å²) in [5, 5.41) is 6.91. The smallest absolute Gasteiger partial charge is 0.377 e. The summed E-state index contributed by atoms with van der Waals surface area (Å²) < 4.78 is 56.6. The average Bonchev–Trinajstić information content (AvgIpc) is 3.08. The van der Waals surface area contributed by atoms with Crippen molar-refractivity contribution >= 4 is 9.84 Å². The number of fused-ring (bicyclic) bond motifs is 5. The lowest BCUT2D eigenvalue weighted by atomic mass is 9.49. The van der Waals surface area contributed by atoms with Gasteiger partial charge < -0.3 is 5.11 Å². The molecule has 176 valence electrons. The van der Waals surface area contributed by atoms with Crippen molar-refractivity contribution in [1.29, 1.82) is 0 Å². The van der Waals surface area contributed by atoms with Gasteiger partial charge in [0.15, 0.2) is 0 Å². The third-order valence-corrected chi connectivity index (χ3v) is 11.8. The number of allylic oxidation sites excluding steroid dienone is 1. The minimum absolute atomic E-state index is 0.0409. The van der Waals surface area contributed by atoms with Gasteiger partial charge in [-0.05, 0) is 105 Å². The van der Waals surface area contributed by atoms with Gasteiger partial charge in [0.05, 0.1) is 4.90 Å². The molecule has 0 radical (unpaired) electrons. The van der Waals surface area contributed by atoms with Crippen LogP contribution in [0.3, 0.4) is 0 Å². The summed E-state index contributed by atoms with van der Waals surface area (Å²) in [6.45, 7) is 6.72. The summed E-state index contributed by atoms with van der Waals surface area (Å²) >= 11 is 0. The first-order valence-corrected chi connectivity index (χ1v) is 13.6. The molecule has 7 atom stereocenters. The fraction of sp³-hybridized carbons (Fsp3) is 0.692. The summed E-state index contributed by atoms with van der Waals surface area (Å²) in [4.78, 5) is -0.433. The fourth-order valence-electron chi connectivity index (χ4n) is 8.05. The van der Waals surface area contributed by atoms with Crippen LogP contribution in [0.2, 0.25) is 0 Å². The van der Waals surface area contributed by atoms with Gasteiger partial charge in [0.1, 0.15) is 5.60 Å². The lowest BCUT2D eigenvalue weighted by molar-refractivity contribution is -0.177. The Hall–Kier alpha value is -1.27. The molecular formula is C26H34F2O3S. The van der Waals surface area contributed by atoms with Gasteiger partial charge in [-0.3, -0.25) is 0 Å². The number of aliphatic hydroxyl groups is 1. The topological polar surface area (TPSA) is 54.4 Å².